The van der Waals surface area contributed by atoms with Gasteiger partial charge in [-0.1, -0.05) is 27.7 Å². The lowest BCUT2D eigenvalue weighted by atomic mass is 9.51. The van der Waals surface area contributed by atoms with Gasteiger partial charge in [0.05, 0.1) is 0 Å². The third-order valence-electron chi connectivity index (χ3n) is 7.73. The monoisotopic (exact) mass is 292 g/mol. The van der Waals surface area contributed by atoms with Crippen LogP contribution in [0.15, 0.2) is 0 Å². The largest absolute Gasteiger partial charge is 0.158 e. The first kappa shape index (κ1) is 14.0. The van der Waals surface area contributed by atoms with Gasteiger partial charge in [-0.15, -0.1) is 0 Å². The zero-order valence-corrected chi connectivity index (χ0v) is 14.6. The highest BCUT2D eigenvalue weighted by Crippen LogP contribution is 2.66. The lowest BCUT2D eigenvalue weighted by Crippen LogP contribution is -2.48. The van der Waals surface area contributed by atoms with Gasteiger partial charge >= 0.3 is 0 Å². The highest BCUT2D eigenvalue weighted by atomic mass is 32.2. The maximum atomic E-state index is 2.67. The van der Waals surface area contributed by atoms with E-state index in [2.05, 4.69) is 39.5 Å². The second-order valence-corrected chi connectivity index (χ2v) is 10.4. The molecule has 0 nitrogen and oxygen atoms in total. The molecule has 1 saturated heterocycles. The molecule has 0 bridgehead atoms. The third-order valence-corrected chi connectivity index (χ3v) is 9.14. The van der Waals surface area contributed by atoms with Gasteiger partial charge in [0.2, 0.25) is 0 Å². The Morgan fingerprint density at radius 2 is 1.95 bits per heavy atom. The zero-order chi connectivity index (χ0) is 14.1. The van der Waals surface area contributed by atoms with Crippen LogP contribution in [0.1, 0.15) is 59.8 Å². The van der Waals surface area contributed by atoms with E-state index in [0.717, 1.165) is 46.7 Å². The molecule has 3 aliphatic carbocycles. The average Bonchev–Trinajstić information content (AvgIpc) is 3.23. The molecule has 8 unspecified atom stereocenters. The summed E-state index contributed by atoms with van der Waals surface area (Å²) >= 11 is 2.32. The van der Waals surface area contributed by atoms with Gasteiger partial charge < -0.3 is 0 Å². The summed E-state index contributed by atoms with van der Waals surface area (Å²) < 4.78 is 0. The molecular weight excluding hydrogens is 260 g/mol. The van der Waals surface area contributed by atoms with Crippen LogP contribution in [-0.2, 0) is 0 Å². The van der Waals surface area contributed by atoms with E-state index in [1.165, 1.54) is 31.4 Å². The van der Waals surface area contributed by atoms with Crippen molar-refractivity contribution in [1.29, 1.82) is 0 Å². The minimum Gasteiger partial charge on any atom is -0.158 e. The zero-order valence-electron chi connectivity index (χ0n) is 13.8. The minimum atomic E-state index is 0.669. The number of rotatable bonds is 2. The number of fused-ring (bicyclic) bond motifs is 3. The third kappa shape index (κ3) is 2.09. The summed E-state index contributed by atoms with van der Waals surface area (Å²) in [4.78, 5) is 0. The van der Waals surface area contributed by atoms with Crippen molar-refractivity contribution < 1.29 is 0 Å². The maximum absolute atomic E-state index is 2.67. The summed E-state index contributed by atoms with van der Waals surface area (Å²) in [5.74, 6) is 8.63. The minimum absolute atomic E-state index is 0.669. The van der Waals surface area contributed by atoms with E-state index < -0.39 is 0 Å². The molecule has 8 atom stereocenters. The molecule has 20 heavy (non-hydrogen) atoms. The summed E-state index contributed by atoms with van der Waals surface area (Å²) in [5, 5.41) is 1.05. The van der Waals surface area contributed by atoms with E-state index in [4.69, 9.17) is 0 Å². The normalized spacial score (nSPS) is 56.4. The molecular formula is C19H32S. The Bertz CT molecular complexity index is 383. The van der Waals surface area contributed by atoms with Gasteiger partial charge in [-0.3, -0.25) is 0 Å². The van der Waals surface area contributed by atoms with Crippen LogP contribution < -0.4 is 0 Å². The van der Waals surface area contributed by atoms with Crippen molar-refractivity contribution in [2.24, 2.45) is 46.8 Å². The molecule has 114 valence electrons. The molecule has 0 spiro atoms. The van der Waals surface area contributed by atoms with E-state index in [0.29, 0.717) is 5.41 Å². The number of hydrogen-bond acceptors (Lipinski definition) is 1. The van der Waals surface area contributed by atoms with Crippen LogP contribution in [0.2, 0.25) is 0 Å². The van der Waals surface area contributed by atoms with Crippen molar-refractivity contribution in [3.05, 3.63) is 0 Å². The van der Waals surface area contributed by atoms with Gasteiger partial charge in [0.1, 0.15) is 0 Å². The topological polar surface area (TPSA) is 0 Å². The Morgan fingerprint density at radius 1 is 1.20 bits per heavy atom. The molecule has 4 rings (SSSR count). The summed E-state index contributed by atoms with van der Waals surface area (Å²) in [6.45, 7) is 10.4. The van der Waals surface area contributed by atoms with E-state index in [-0.39, 0.29) is 0 Å². The Kier molecular flexibility index (Phi) is 3.26. The summed E-state index contributed by atoms with van der Waals surface area (Å²) in [5.41, 5.74) is 0.669. The van der Waals surface area contributed by atoms with Gasteiger partial charge in [-0.25, -0.2) is 0 Å². The molecule has 0 N–H and O–H groups in total. The molecule has 0 aromatic rings. The van der Waals surface area contributed by atoms with Crippen molar-refractivity contribution in [3.8, 4) is 0 Å². The number of thioether (sulfide) groups is 1. The predicted octanol–water partition coefficient (Wildman–Crippen LogP) is 5.47. The lowest BCUT2D eigenvalue weighted by Gasteiger charge is -2.54. The van der Waals surface area contributed by atoms with Gasteiger partial charge in [0, 0.05) is 5.25 Å². The first-order valence-corrected chi connectivity index (χ1v) is 10.2. The molecule has 1 heteroatoms. The van der Waals surface area contributed by atoms with Crippen molar-refractivity contribution >= 4 is 11.8 Å². The summed E-state index contributed by atoms with van der Waals surface area (Å²) in [6.07, 6.45) is 7.63. The Hall–Kier alpha value is 0.350. The standard InChI is InChI=1S/C19H32S/c1-11-10-19(4)7-8-20-16-9-15(16)18(19)17(12(11)2)13(3)14-5-6-14/h11-18H,5-10H2,1-4H3. The highest BCUT2D eigenvalue weighted by molar-refractivity contribution is 8.00. The van der Waals surface area contributed by atoms with Crippen molar-refractivity contribution in [1.82, 2.24) is 0 Å². The second-order valence-electron chi connectivity index (χ2n) is 9.05. The molecule has 1 heterocycles. The summed E-state index contributed by atoms with van der Waals surface area (Å²) in [7, 11) is 0. The van der Waals surface area contributed by atoms with Crippen LogP contribution in [0.5, 0.6) is 0 Å². The van der Waals surface area contributed by atoms with E-state index in [1.54, 1.807) is 6.42 Å². The Morgan fingerprint density at radius 3 is 2.65 bits per heavy atom. The maximum Gasteiger partial charge on any atom is 0.00818 e. The smallest absolute Gasteiger partial charge is 0.00818 e. The quantitative estimate of drug-likeness (QED) is 0.650. The molecule has 3 saturated carbocycles. The molecule has 0 amide bonds. The molecule has 4 fully saturated rings. The van der Waals surface area contributed by atoms with Gasteiger partial charge in [0.25, 0.3) is 0 Å². The van der Waals surface area contributed by atoms with Crippen LogP contribution in [-0.4, -0.2) is 11.0 Å². The molecule has 0 radical (unpaired) electrons. The van der Waals surface area contributed by atoms with Crippen LogP contribution in [0.3, 0.4) is 0 Å². The average molecular weight is 293 g/mol. The fourth-order valence-electron chi connectivity index (χ4n) is 6.24. The van der Waals surface area contributed by atoms with E-state index in [9.17, 15) is 0 Å². The Balaban J connectivity index is 1.69. The predicted molar refractivity (Wildman–Crippen MR) is 88.9 cm³/mol. The molecule has 0 aromatic heterocycles. The second kappa shape index (κ2) is 4.67. The van der Waals surface area contributed by atoms with Crippen molar-refractivity contribution in [2.45, 2.75) is 65.0 Å². The number of hydrogen-bond donors (Lipinski definition) is 0. The first-order valence-electron chi connectivity index (χ1n) is 9.13. The lowest BCUT2D eigenvalue weighted by molar-refractivity contribution is -0.0555. The SMILES string of the molecule is CC1CC2(C)CCSC3CC3C2C(C(C)C2CC2)C1C. The molecule has 4 aliphatic rings. The van der Waals surface area contributed by atoms with Gasteiger partial charge in [0.15, 0.2) is 0 Å². The van der Waals surface area contributed by atoms with Crippen molar-refractivity contribution in [2.75, 3.05) is 5.75 Å². The summed E-state index contributed by atoms with van der Waals surface area (Å²) in [6, 6.07) is 0. The van der Waals surface area contributed by atoms with Gasteiger partial charge in [-0.2, -0.15) is 11.8 Å². The van der Waals surface area contributed by atoms with Crippen molar-refractivity contribution in [3.63, 3.8) is 0 Å². The molecule has 1 aliphatic heterocycles. The Labute approximate surface area is 129 Å². The van der Waals surface area contributed by atoms with Crippen LogP contribution in [0.4, 0.5) is 0 Å². The van der Waals surface area contributed by atoms with Crippen LogP contribution >= 0.6 is 11.8 Å². The van der Waals surface area contributed by atoms with E-state index in [1.807, 2.05) is 0 Å². The van der Waals surface area contributed by atoms with Crippen LogP contribution in [0, 0.1) is 46.8 Å². The van der Waals surface area contributed by atoms with Gasteiger partial charge in [-0.05, 0) is 84.7 Å². The van der Waals surface area contributed by atoms with Crippen LogP contribution in [0.25, 0.3) is 0 Å². The highest BCUT2D eigenvalue weighted by Gasteiger charge is 2.60. The van der Waals surface area contributed by atoms with E-state index >= 15 is 0 Å². The first-order chi connectivity index (χ1) is 9.51. The fourth-order valence-corrected chi connectivity index (χ4v) is 7.91. The molecule has 0 aromatic carbocycles. The fraction of sp³-hybridized carbons (Fsp3) is 1.00.